The Morgan fingerprint density at radius 3 is 2.44 bits per heavy atom. The Morgan fingerprint density at radius 1 is 1.33 bits per heavy atom. The molecule has 1 N–H and O–H groups in total. The highest BCUT2D eigenvalue weighted by atomic mass is 79.9. The largest absolute Gasteiger partial charge is 0.486 e. The Hall–Kier alpha value is -0.790. The highest BCUT2D eigenvalue weighted by Gasteiger charge is 2.21. The first-order valence-corrected chi connectivity index (χ1v) is 8.17. The lowest BCUT2D eigenvalue weighted by atomic mass is 10.1. The second-order valence-corrected chi connectivity index (χ2v) is 7.16. The van der Waals surface area contributed by atoms with Crippen molar-refractivity contribution in [2.24, 2.45) is 0 Å². The minimum atomic E-state index is -3.25. The van der Waals surface area contributed by atoms with Crippen molar-refractivity contribution in [3.63, 3.8) is 0 Å². The van der Waals surface area contributed by atoms with E-state index in [4.69, 9.17) is 9.47 Å². The van der Waals surface area contributed by atoms with Crippen LogP contribution in [0.3, 0.4) is 0 Å². The minimum Gasteiger partial charge on any atom is -0.486 e. The predicted octanol–water partition coefficient (Wildman–Crippen LogP) is 1.30. The van der Waals surface area contributed by atoms with Crippen LogP contribution in [-0.2, 0) is 9.84 Å². The van der Waals surface area contributed by atoms with Crippen molar-refractivity contribution < 1.29 is 23.0 Å². The monoisotopic (exact) mass is 336 g/mol. The molecule has 18 heavy (non-hydrogen) atoms. The van der Waals surface area contributed by atoms with E-state index in [1.807, 2.05) is 0 Å². The summed E-state index contributed by atoms with van der Waals surface area (Å²) < 4.78 is 33.7. The van der Waals surface area contributed by atoms with Gasteiger partial charge in [0.2, 0.25) is 0 Å². The number of fused-ring (bicyclic) bond motifs is 1. The summed E-state index contributed by atoms with van der Waals surface area (Å²) in [6.45, 7) is 0.918. The van der Waals surface area contributed by atoms with E-state index in [-0.39, 0.29) is 5.75 Å². The number of hydrogen-bond acceptors (Lipinski definition) is 5. The van der Waals surface area contributed by atoms with Crippen LogP contribution in [-0.4, -0.2) is 38.7 Å². The fraction of sp³-hybridized carbons (Fsp3) is 0.455. The van der Waals surface area contributed by atoms with Gasteiger partial charge in [-0.25, -0.2) is 8.42 Å². The van der Waals surface area contributed by atoms with E-state index < -0.39 is 15.9 Å². The molecule has 0 aromatic heterocycles. The zero-order chi connectivity index (χ0) is 13.3. The van der Waals surface area contributed by atoms with Crippen LogP contribution in [0.5, 0.6) is 11.5 Å². The molecule has 1 atom stereocenters. The topological polar surface area (TPSA) is 72.8 Å². The number of aliphatic hydroxyl groups is 1. The van der Waals surface area contributed by atoms with Gasteiger partial charge in [0, 0.05) is 10.7 Å². The maximum Gasteiger partial charge on any atom is 0.162 e. The molecular weight excluding hydrogens is 324 g/mol. The fourth-order valence-electron chi connectivity index (χ4n) is 1.71. The van der Waals surface area contributed by atoms with E-state index in [1.165, 1.54) is 0 Å². The quantitative estimate of drug-likeness (QED) is 0.900. The van der Waals surface area contributed by atoms with E-state index in [1.54, 1.807) is 12.1 Å². The van der Waals surface area contributed by atoms with Gasteiger partial charge in [-0.2, -0.15) is 0 Å². The molecule has 0 radical (unpaired) electrons. The van der Waals surface area contributed by atoms with E-state index in [2.05, 4.69) is 15.9 Å². The molecule has 0 amide bonds. The summed E-state index contributed by atoms with van der Waals surface area (Å²) in [5.41, 5.74) is 0.477. The maximum atomic E-state index is 11.2. The van der Waals surface area contributed by atoms with Gasteiger partial charge in [-0.1, -0.05) is 15.9 Å². The van der Waals surface area contributed by atoms with E-state index in [9.17, 15) is 13.5 Å². The van der Waals surface area contributed by atoms with E-state index >= 15 is 0 Å². The molecule has 0 spiro atoms. The van der Waals surface area contributed by atoms with Gasteiger partial charge in [0.25, 0.3) is 0 Å². The molecule has 1 aromatic rings. The van der Waals surface area contributed by atoms with Gasteiger partial charge in [0.15, 0.2) is 11.5 Å². The molecule has 0 fully saturated rings. The number of hydrogen-bond donors (Lipinski definition) is 1. The third-order valence-corrected chi connectivity index (χ3v) is 4.09. The second kappa shape index (κ2) is 5.07. The van der Waals surface area contributed by atoms with E-state index in [0.717, 1.165) is 6.26 Å². The summed E-state index contributed by atoms with van der Waals surface area (Å²) >= 11 is 3.29. The van der Waals surface area contributed by atoms with Crippen molar-refractivity contribution in [3.05, 3.63) is 22.2 Å². The van der Waals surface area contributed by atoms with Crippen LogP contribution in [0.4, 0.5) is 0 Å². The summed E-state index contributed by atoms with van der Waals surface area (Å²) in [6.07, 6.45) is -0.00695. The number of sulfone groups is 1. The lowest BCUT2D eigenvalue weighted by Gasteiger charge is -2.21. The third kappa shape index (κ3) is 3.15. The lowest BCUT2D eigenvalue weighted by Crippen LogP contribution is -2.17. The number of benzene rings is 1. The normalized spacial score (nSPS) is 16.4. The molecule has 7 heteroatoms. The molecule has 5 nitrogen and oxygen atoms in total. The molecule has 2 rings (SSSR count). The van der Waals surface area contributed by atoms with Crippen LogP contribution >= 0.6 is 15.9 Å². The second-order valence-electron chi connectivity index (χ2n) is 4.13. The Labute approximate surface area is 114 Å². The average molecular weight is 337 g/mol. The van der Waals surface area contributed by atoms with Crippen molar-refractivity contribution in [2.75, 3.05) is 25.2 Å². The SMILES string of the molecule is CS(=O)(=O)CC(O)c1cc2c(cc1Br)OCCO2. The summed E-state index contributed by atoms with van der Waals surface area (Å²) in [5, 5.41) is 9.93. The van der Waals surface area contributed by atoms with Crippen LogP contribution in [0.25, 0.3) is 0 Å². The zero-order valence-electron chi connectivity index (χ0n) is 9.72. The Balaban J connectivity index is 2.33. The van der Waals surface area contributed by atoms with Crippen molar-refractivity contribution in [3.8, 4) is 11.5 Å². The first kappa shape index (κ1) is 13.6. The molecule has 0 bridgehead atoms. The molecule has 0 saturated carbocycles. The number of aliphatic hydroxyl groups excluding tert-OH is 1. The molecule has 1 aliphatic heterocycles. The molecule has 1 aromatic carbocycles. The highest BCUT2D eigenvalue weighted by molar-refractivity contribution is 9.10. The number of rotatable bonds is 3. The molecule has 1 heterocycles. The van der Waals surface area contributed by atoms with Gasteiger partial charge < -0.3 is 14.6 Å². The maximum absolute atomic E-state index is 11.2. The van der Waals surface area contributed by atoms with Crippen LogP contribution in [0.2, 0.25) is 0 Å². The van der Waals surface area contributed by atoms with Gasteiger partial charge >= 0.3 is 0 Å². The molecule has 0 saturated heterocycles. The smallest absolute Gasteiger partial charge is 0.162 e. The van der Waals surface area contributed by atoms with Crippen molar-refractivity contribution in [1.29, 1.82) is 0 Å². The Kier molecular flexibility index (Phi) is 3.84. The van der Waals surface area contributed by atoms with Crippen LogP contribution < -0.4 is 9.47 Å². The molecule has 1 unspecified atom stereocenters. The first-order valence-electron chi connectivity index (χ1n) is 5.31. The van der Waals surface area contributed by atoms with Crippen LogP contribution in [0.15, 0.2) is 16.6 Å². The lowest BCUT2D eigenvalue weighted by molar-refractivity contribution is 0.168. The summed E-state index contributed by atoms with van der Waals surface area (Å²) in [4.78, 5) is 0. The number of halogens is 1. The highest BCUT2D eigenvalue weighted by Crippen LogP contribution is 2.38. The van der Waals surface area contributed by atoms with E-state index in [0.29, 0.717) is 34.7 Å². The average Bonchev–Trinajstić information content (AvgIpc) is 2.25. The molecule has 1 aliphatic rings. The van der Waals surface area contributed by atoms with Crippen LogP contribution in [0.1, 0.15) is 11.7 Å². The third-order valence-electron chi connectivity index (χ3n) is 2.48. The zero-order valence-corrected chi connectivity index (χ0v) is 12.1. The summed E-state index contributed by atoms with van der Waals surface area (Å²) in [6, 6.07) is 3.28. The van der Waals surface area contributed by atoms with Gasteiger partial charge in [0.05, 0.1) is 11.9 Å². The molecule has 0 aliphatic carbocycles. The molecular formula is C11H13BrO5S. The van der Waals surface area contributed by atoms with Gasteiger partial charge in [-0.3, -0.25) is 0 Å². The van der Waals surface area contributed by atoms with Crippen molar-refractivity contribution in [1.82, 2.24) is 0 Å². The Morgan fingerprint density at radius 2 is 1.89 bits per heavy atom. The Bertz CT molecular complexity index is 555. The van der Waals surface area contributed by atoms with Gasteiger partial charge in [0.1, 0.15) is 23.1 Å². The standard InChI is InChI=1S/C11H13BrO5S/c1-18(14,15)6-9(13)7-4-10-11(5-8(7)12)17-3-2-16-10/h4-5,9,13H,2-3,6H2,1H3. The summed E-state index contributed by atoms with van der Waals surface area (Å²) in [7, 11) is -3.25. The van der Waals surface area contributed by atoms with Gasteiger partial charge in [-0.05, 0) is 17.7 Å². The van der Waals surface area contributed by atoms with Crippen LogP contribution in [0, 0.1) is 0 Å². The minimum absolute atomic E-state index is 0.328. The number of ether oxygens (including phenoxy) is 2. The van der Waals surface area contributed by atoms with Crippen molar-refractivity contribution in [2.45, 2.75) is 6.10 Å². The van der Waals surface area contributed by atoms with Gasteiger partial charge in [-0.15, -0.1) is 0 Å². The predicted molar refractivity (Wildman–Crippen MR) is 69.8 cm³/mol. The van der Waals surface area contributed by atoms with Crippen molar-refractivity contribution >= 4 is 25.8 Å². The summed E-state index contributed by atoms with van der Waals surface area (Å²) in [5.74, 6) is 0.779. The fourth-order valence-corrected chi connectivity index (χ4v) is 3.05. The first-order chi connectivity index (χ1) is 8.37. The molecule has 100 valence electrons.